The largest absolute Gasteiger partial charge is 0.461 e. The van der Waals surface area contributed by atoms with E-state index in [-0.39, 0.29) is 23.2 Å². The van der Waals surface area contributed by atoms with Crippen molar-refractivity contribution in [3.63, 3.8) is 0 Å². The van der Waals surface area contributed by atoms with Crippen LogP contribution in [0.15, 0.2) is 34.7 Å². The first kappa shape index (κ1) is 24.7. The lowest BCUT2D eigenvalue weighted by atomic mass is 10.0. The molecule has 4 rings (SSSR count). The third kappa shape index (κ3) is 5.33. The summed E-state index contributed by atoms with van der Waals surface area (Å²) in [4.78, 5) is 47.9. The number of thiazole rings is 1. The summed E-state index contributed by atoms with van der Waals surface area (Å²) in [5, 5.41) is 5.37. The maximum absolute atomic E-state index is 13.3. The molecule has 0 bridgehead atoms. The molecule has 0 saturated heterocycles. The van der Waals surface area contributed by atoms with Crippen molar-refractivity contribution in [2.24, 2.45) is 5.92 Å². The van der Waals surface area contributed by atoms with E-state index in [9.17, 15) is 14.4 Å². The highest BCUT2D eigenvalue weighted by Crippen LogP contribution is 2.31. The number of fused-ring (bicyclic) bond motifs is 1. The van der Waals surface area contributed by atoms with Gasteiger partial charge in [-0.15, -0.1) is 11.3 Å². The van der Waals surface area contributed by atoms with E-state index in [1.165, 1.54) is 27.8 Å². The normalized spacial score (nSPS) is 11.3. The van der Waals surface area contributed by atoms with Crippen LogP contribution in [0.25, 0.3) is 21.3 Å². The van der Waals surface area contributed by atoms with Crippen LogP contribution in [0.5, 0.6) is 0 Å². The minimum Gasteiger partial charge on any atom is -0.461 e. The quantitative estimate of drug-likeness (QED) is 0.353. The molecule has 10 heteroatoms. The zero-order valence-electron chi connectivity index (χ0n) is 20.2. The predicted molar refractivity (Wildman–Crippen MR) is 139 cm³/mol. The Kier molecular flexibility index (Phi) is 7.13. The first-order valence-electron chi connectivity index (χ1n) is 11.1. The van der Waals surface area contributed by atoms with E-state index in [0.29, 0.717) is 27.4 Å². The number of hydrogen-bond acceptors (Lipinski definition) is 8. The van der Waals surface area contributed by atoms with Gasteiger partial charge in [0.25, 0.3) is 5.56 Å². The molecule has 35 heavy (non-hydrogen) atoms. The molecule has 0 fully saturated rings. The van der Waals surface area contributed by atoms with Gasteiger partial charge in [-0.3, -0.25) is 14.2 Å². The zero-order chi connectivity index (χ0) is 25.3. The van der Waals surface area contributed by atoms with Crippen LogP contribution in [-0.2, 0) is 16.1 Å². The maximum Gasteiger partial charge on any atom is 0.350 e. The van der Waals surface area contributed by atoms with Crippen LogP contribution in [0, 0.1) is 26.7 Å². The third-order valence-corrected chi connectivity index (χ3v) is 7.41. The molecule has 0 aliphatic carbocycles. The smallest absolute Gasteiger partial charge is 0.350 e. The molecule has 0 radical (unpaired) electrons. The van der Waals surface area contributed by atoms with Crippen LogP contribution >= 0.6 is 22.7 Å². The number of hydrogen-bond donors (Lipinski definition) is 1. The second-order valence-corrected chi connectivity index (χ2v) is 10.6. The molecule has 0 atom stereocenters. The number of nitrogens with one attached hydrogen (secondary N) is 1. The highest BCUT2D eigenvalue weighted by atomic mass is 32.1. The molecule has 0 unspecified atom stereocenters. The van der Waals surface area contributed by atoms with Crippen molar-refractivity contribution in [1.82, 2.24) is 14.5 Å². The second-order valence-electron chi connectivity index (χ2n) is 8.78. The van der Waals surface area contributed by atoms with E-state index in [2.05, 4.69) is 21.4 Å². The van der Waals surface area contributed by atoms with Crippen molar-refractivity contribution in [3.8, 4) is 11.1 Å². The van der Waals surface area contributed by atoms with Crippen LogP contribution in [0.2, 0.25) is 0 Å². The highest BCUT2D eigenvalue weighted by molar-refractivity contribution is 7.17. The number of ether oxygens (including phenoxy) is 1. The maximum atomic E-state index is 13.3. The number of esters is 1. The molecule has 3 aromatic heterocycles. The Hall–Kier alpha value is -3.37. The van der Waals surface area contributed by atoms with E-state index < -0.39 is 11.9 Å². The summed E-state index contributed by atoms with van der Waals surface area (Å²) >= 11 is 2.45. The predicted octanol–water partition coefficient (Wildman–Crippen LogP) is 4.96. The van der Waals surface area contributed by atoms with Crippen molar-refractivity contribution < 1.29 is 14.3 Å². The summed E-state index contributed by atoms with van der Waals surface area (Å²) in [6.07, 6.45) is 1.38. The summed E-state index contributed by atoms with van der Waals surface area (Å²) in [7, 11) is 0. The molecule has 3 heterocycles. The number of rotatable bonds is 7. The van der Waals surface area contributed by atoms with E-state index in [4.69, 9.17) is 4.74 Å². The molecule has 1 aromatic carbocycles. The van der Waals surface area contributed by atoms with Gasteiger partial charge in [0, 0.05) is 10.9 Å². The van der Waals surface area contributed by atoms with Crippen molar-refractivity contribution in [2.75, 3.05) is 11.9 Å². The molecule has 0 saturated carbocycles. The Morgan fingerprint density at radius 3 is 2.66 bits per heavy atom. The molecule has 8 nitrogen and oxygen atoms in total. The van der Waals surface area contributed by atoms with Gasteiger partial charge in [-0.1, -0.05) is 43.4 Å². The lowest BCUT2D eigenvalue weighted by Gasteiger charge is -2.07. The number of carbonyl (C=O) groups is 2. The van der Waals surface area contributed by atoms with Gasteiger partial charge in [0.1, 0.15) is 16.3 Å². The van der Waals surface area contributed by atoms with Gasteiger partial charge < -0.3 is 10.1 Å². The summed E-state index contributed by atoms with van der Waals surface area (Å²) < 4.78 is 6.55. The minimum absolute atomic E-state index is 0.217. The standard InChI is InChI=1S/C25H26N4O4S2/c1-13(2)10-33-24(32)21-16(5)27-25(35-21)28-19(30)9-29-12-26-22-20(23(29)31)18(11-34-22)17-7-6-14(3)15(4)8-17/h6-8,11-13H,9-10H2,1-5H3,(H,27,28,30). The number of aryl methyl sites for hydroxylation is 3. The van der Waals surface area contributed by atoms with Crippen molar-refractivity contribution in [2.45, 2.75) is 41.2 Å². The van der Waals surface area contributed by atoms with Crippen molar-refractivity contribution in [1.29, 1.82) is 0 Å². The first-order valence-corrected chi connectivity index (χ1v) is 12.8. The molecular formula is C25H26N4O4S2. The lowest BCUT2D eigenvalue weighted by Crippen LogP contribution is -2.27. The van der Waals surface area contributed by atoms with E-state index >= 15 is 0 Å². The fourth-order valence-electron chi connectivity index (χ4n) is 3.46. The zero-order valence-corrected chi connectivity index (χ0v) is 21.8. The summed E-state index contributed by atoms with van der Waals surface area (Å²) in [5.74, 6) is -0.683. The SMILES string of the molecule is Cc1ccc(-c2csc3ncn(CC(=O)Nc4nc(C)c(C(=O)OCC(C)C)s4)c(=O)c23)cc1C. The van der Waals surface area contributed by atoms with E-state index in [0.717, 1.165) is 28.0 Å². The molecule has 0 aliphatic rings. The summed E-state index contributed by atoms with van der Waals surface area (Å²) in [5.41, 5.74) is 4.26. The molecule has 1 amide bonds. The number of nitrogens with zero attached hydrogens (tertiary/aromatic N) is 3. The van der Waals surface area contributed by atoms with Gasteiger partial charge in [-0.2, -0.15) is 0 Å². The van der Waals surface area contributed by atoms with Crippen LogP contribution in [0.1, 0.15) is 40.3 Å². The van der Waals surface area contributed by atoms with Gasteiger partial charge in [0.05, 0.1) is 24.0 Å². The summed E-state index contributed by atoms with van der Waals surface area (Å²) in [6.45, 7) is 9.74. The average molecular weight is 511 g/mol. The van der Waals surface area contributed by atoms with Gasteiger partial charge in [0.2, 0.25) is 5.91 Å². The van der Waals surface area contributed by atoms with E-state index in [1.54, 1.807) is 6.92 Å². The fourth-order valence-corrected chi connectivity index (χ4v) is 5.25. The third-order valence-electron chi connectivity index (χ3n) is 5.47. The number of carbonyl (C=O) groups excluding carboxylic acids is 2. The number of amides is 1. The second kappa shape index (κ2) is 10.1. The van der Waals surface area contributed by atoms with Crippen LogP contribution < -0.4 is 10.9 Å². The molecule has 4 aromatic rings. The van der Waals surface area contributed by atoms with Crippen molar-refractivity contribution >= 4 is 49.9 Å². The van der Waals surface area contributed by atoms with Gasteiger partial charge in [-0.05, 0) is 43.4 Å². The Bertz CT molecular complexity index is 1480. The number of anilines is 1. The minimum atomic E-state index is -0.462. The van der Waals surface area contributed by atoms with E-state index in [1.807, 2.05) is 45.2 Å². The van der Waals surface area contributed by atoms with Crippen LogP contribution in [0.3, 0.4) is 0 Å². The molecule has 1 N–H and O–H groups in total. The summed E-state index contributed by atoms with van der Waals surface area (Å²) in [6, 6.07) is 6.07. The van der Waals surface area contributed by atoms with Gasteiger partial charge in [0.15, 0.2) is 5.13 Å². The van der Waals surface area contributed by atoms with Gasteiger partial charge >= 0.3 is 5.97 Å². The van der Waals surface area contributed by atoms with Crippen LogP contribution in [-0.4, -0.2) is 33.0 Å². The molecular weight excluding hydrogens is 484 g/mol. The van der Waals surface area contributed by atoms with Gasteiger partial charge in [-0.25, -0.2) is 14.8 Å². The fraction of sp³-hybridized carbons (Fsp3) is 0.320. The first-order chi connectivity index (χ1) is 16.6. The number of aromatic nitrogens is 3. The topological polar surface area (TPSA) is 103 Å². The Morgan fingerprint density at radius 2 is 1.94 bits per heavy atom. The Labute approximate surface area is 210 Å². The average Bonchev–Trinajstić information content (AvgIpc) is 3.39. The Morgan fingerprint density at radius 1 is 1.17 bits per heavy atom. The van der Waals surface area contributed by atoms with Crippen molar-refractivity contribution in [3.05, 3.63) is 62.0 Å². The molecule has 0 spiro atoms. The highest BCUT2D eigenvalue weighted by Gasteiger charge is 2.19. The monoisotopic (exact) mass is 510 g/mol. The van der Waals surface area contributed by atoms with Crippen LogP contribution in [0.4, 0.5) is 5.13 Å². The molecule has 182 valence electrons. The number of benzene rings is 1. The Balaban J connectivity index is 1.54. The molecule has 0 aliphatic heterocycles. The number of thiophene rings is 1. The lowest BCUT2D eigenvalue weighted by molar-refractivity contribution is -0.116.